The Balaban J connectivity index is 1.73. The third-order valence-electron chi connectivity index (χ3n) is 5.51. The van der Waals surface area contributed by atoms with Crippen molar-refractivity contribution in [3.63, 3.8) is 0 Å². The Morgan fingerprint density at radius 1 is 1.13 bits per heavy atom. The van der Waals surface area contributed by atoms with Crippen LogP contribution in [0, 0.1) is 5.92 Å². The molecule has 0 aromatic heterocycles. The fraction of sp³-hybridized carbons (Fsp3) is 0.391. The number of esters is 1. The van der Waals surface area contributed by atoms with Crippen LogP contribution in [-0.2, 0) is 9.53 Å². The Bertz CT molecular complexity index is 958. The van der Waals surface area contributed by atoms with E-state index in [1.165, 1.54) is 0 Å². The predicted octanol–water partition coefficient (Wildman–Crippen LogP) is 3.23. The van der Waals surface area contributed by atoms with E-state index in [9.17, 15) is 9.59 Å². The molecule has 2 heterocycles. The highest BCUT2D eigenvalue weighted by molar-refractivity contribution is 5.98. The maximum atomic E-state index is 13.6. The molecule has 158 valence electrons. The van der Waals surface area contributed by atoms with E-state index in [2.05, 4.69) is 0 Å². The summed E-state index contributed by atoms with van der Waals surface area (Å²) in [5, 5.41) is 0. The van der Waals surface area contributed by atoms with Crippen molar-refractivity contribution in [2.75, 3.05) is 26.9 Å². The summed E-state index contributed by atoms with van der Waals surface area (Å²) < 4.78 is 22.4. The average molecular weight is 411 g/mol. The van der Waals surface area contributed by atoms with Crippen molar-refractivity contribution in [3.8, 4) is 17.2 Å². The molecule has 2 aromatic carbocycles. The molecule has 2 aromatic rings. The molecule has 0 radical (unpaired) electrons. The van der Waals surface area contributed by atoms with Gasteiger partial charge in [-0.1, -0.05) is 12.1 Å². The quantitative estimate of drug-likeness (QED) is 0.680. The smallest absolute Gasteiger partial charge is 0.314 e. The van der Waals surface area contributed by atoms with Gasteiger partial charge in [0.1, 0.15) is 29.3 Å². The summed E-state index contributed by atoms with van der Waals surface area (Å²) in [5.41, 5.74) is 1.32. The lowest BCUT2D eigenvalue weighted by molar-refractivity contribution is -0.149. The molecule has 3 atom stereocenters. The Morgan fingerprint density at radius 2 is 1.93 bits per heavy atom. The van der Waals surface area contributed by atoms with Crippen LogP contribution in [0.5, 0.6) is 17.2 Å². The molecule has 1 fully saturated rings. The molecule has 0 spiro atoms. The van der Waals surface area contributed by atoms with Gasteiger partial charge in [-0.3, -0.25) is 9.59 Å². The zero-order valence-electron chi connectivity index (χ0n) is 17.3. The summed E-state index contributed by atoms with van der Waals surface area (Å²) in [6.45, 7) is 4.58. The van der Waals surface area contributed by atoms with Crippen molar-refractivity contribution in [2.45, 2.75) is 26.0 Å². The molecular weight excluding hydrogens is 386 g/mol. The lowest BCUT2D eigenvalue weighted by atomic mass is 9.98. The fourth-order valence-corrected chi connectivity index (χ4v) is 4.20. The topological polar surface area (TPSA) is 74.3 Å². The molecule has 30 heavy (non-hydrogen) atoms. The van der Waals surface area contributed by atoms with Crippen LogP contribution in [-0.4, -0.2) is 49.7 Å². The van der Waals surface area contributed by atoms with Crippen molar-refractivity contribution in [3.05, 3.63) is 53.6 Å². The van der Waals surface area contributed by atoms with Gasteiger partial charge in [0.05, 0.1) is 31.9 Å². The molecule has 0 unspecified atom stereocenters. The molecule has 1 amide bonds. The minimum Gasteiger partial charge on any atom is -0.497 e. The molecule has 0 N–H and O–H groups in total. The van der Waals surface area contributed by atoms with Crippen LogP contribution in [0.15, 0.2) is 42.5 Å². The number of nitrogens with zero attached hydrogens (tertiary/aromatic N) is 1. The number of rotatable bonds is 6. The van der Waals surface area contributed by atoms with Crippen LogP contribution in [0.25, 0.3) is 0 Å². The number of benzene rings is 2. The van der Waals surface area contributed by atoms with Gasteiger partial charge >= 0.3 is 5.97 Å². The molecular formula is C23H25NO6. The summed E-state index contributed by atoms with van der Waals surface area (Å²) in [6, 6.07) is 12.3. The molecule has 4 rings (SSSR count). The Hall–Kier alpha value is -3.22. The van der Waals surface area contributed by atoms with Gasteiger partial charge in [-0.25, -0.2) is 0 Å². The van der Waals surface area contributed by atoms with E-state index in [1.54, 1.807) is 43.2 Å². The van der Waals surface area contributed by atoms with Crippen LogP contribution < -0.4 is 14.2 Å². The summed E-state index contributed by atoms with van der Waals surface area (Å²) >= 11 is 0. The zero-order chi connectivity index (χ0) is 21.3. The summed E-state index contributed by atoms with van der Waals surface area (Å²) in [5.74, 6) is 0.663. The minimum atomic E-state index is -0.573. The van der Waals surface area contributed by atoms with E-state index in [4.69, 9.17) is 18.9 Å². The van der Waals surface area contributed by atoms with Crippen molar-refractivity contribution < 1.29 is 28.5 Å². The van der Waals surface area contributed by atoms with E-state index in [1.807, 2.05) is 25.1 Å². The van der Waals surface area contributed by atoms with Gasteiger partial charge in [-0.15, -0.1) is 0 Å². The number of fused-ring (bicyclic) bond motifs is 3. The number of methoxy groups -OCH3 is 1. The first-order valence-electron chi connectivity index (χ1n) is 10.1. The minimum absolute atomic E-state index is 0.201. The first-order valence-corrected chi connectivity index (χ1v) is 10.1. The number of ether oxygens (including phenoxy) is 4. The van der Waals surface area contributed by atoms with Crippen LogP contribution in [0.1, 0.15) is 35.8 Å². The molecule has 0 saturated carbocycles. The molecule has 0 bridgehead atoms. The first kappa shape index (κ1) is 20.1. The zero-order valence-corrected chi connectivity index (χ0v) is 17.3. The molecule has 2 aliphatic rings. The van der Waals surface area contributed by atoms with Gasteiger partial charge in [0, 0.05) is 18.2 Å². The predicted molar refractivity (Wildman–Crippen MR) is 109 cm³/mol. The maximum absolute atomic E-state index is 13.6. The highest BCUT2D eigenvalue weighted by Crippen LogP contribution is 2.49. The second-order valence-electron chi connectivity index (χ2n) is 7.18. The summed E-state index contributed by atoms with van der Waals surface area (Å²) in [7, 11) is 1.58. The number of amides is 1. The third kappa shape index (κ3) is 3.34. The van der Waals surface area contributed by atoms with Crippen LogP contribution in [0.3, 0.4) is 0 Å². The van der Waals surface area contributed by atoms with E-state index in [0.717, 1.165) is 5.56 Å². The van der Waals surface area contributed by atoms with Crippen molar-refractivity contribution >= 4 is 11.9 Å². The normalized spacial score (nSPS) is 21.4. The van der Waals surface area contributed by atoms with Crippen molar-refractivity contribution in [1.29, 1.82) is 0 Å². The van der Waals surface area contributed by atoms with Gasteiger partial charge in [0.15, 0.2) is 0 Å². The van der Waals surface area contributed by atoms with Gasteiger partial charge in [-0.05, 0) is 38.1 Å². The van der Waals surface area contributed by atoms with E-state index >= 15 is 0 Å². The summed E-state index contributed by atoms with van der Waals surface area (Å²) in [4.78, 5) is 27.9. The van der Waals surface area contributed by atoms with Crippen molar-refractivity contribution in [2.24, 2.45) is 5.92 Å². The number of carbonyl (C=O) groups excluding carboxylic acids is 2. The van der Waals surface area contributed by atoms with E-state index in [-0.39, 0.29) is 31.1 Å². The number of likely N-dealkylation sites (tertiary alicyclic amines) is 1. The number of carbonyl (C=O) groups is 2. The monoisotopic (exact) mass is 411 g/mol. The van der Waals surface area contributed by atoms with Crippen LogP contribution in [0.2, 0.25) is 0 Å². The third-order valence-corrected chi connectivity index (χ3v) is 5.51. The van der Waals surface area contributed by atoms with Gasteiger partial charge in [0.25, 0.3) is 5.91 Å². The van der Waals surface area contributed by atoms with Crippen molar-refractivity contribution in [1.82, 2.24) is 4.90 Å². The van der Waals surface area contributed by atoms with Gasteiger partial charge < -0.3 is 23.8 Å². The summed E-state index contributed by atoms with van der Waals surface area (Å²) in [6.07, 6.45) is -0.505. The van der Waals surface area contributed by atoms with Gasteiger partial charge in [0.2, 0.25) is 0 Å². The van der Waals surface area contributed by atoms with E-state index in [0.29, 0.717) is 29.4 Å². The maximum Gasteiger partial charge on any atom is 0.314 e. The SMILES string of the molecule is CCOC(=O)[C@@H]1CN(C(=O)c2ccccc2OCC)[C@H]2c3ccc(OC)cc3O[C@@H]12. The molecule has 2 aliphatic heterocycles. The molecule has 7 nitrogen and oxygen atoms in total. The lowest BCUT2D eigenvalue weighted by Gasteiger charge is -2.24. The fourth-order valence-electron chi connectivity index (χ4n) is 4.20. The number of hydrogen-bond donors (Lipinski definition) is 0. The number of hydrogen-bond acceptors (Lipinski definition) is 6. The van der Waals surface area contributed by atoms with Crippen LogP contribution in [0.4, 0.5) is 0 Å². The second kappa shape index (κ2) is 8.26. The second-order valence-corrected chi connectivity index (χ2v) is 7.18. The highest BCUT2D eigenvalue weighted by Gasteiger charge is 2.54. The lowest BCUT2D eigenvalue weighted by Crippen LogP contribution is -2.32. The Labute approximate surface area is 175 Å². The largest absolute Gasteiger partial charge is 0.497 e. The number of para-hydroxylation sites is 1. The van der Waals surface area contributed by atoms with Crippen LogP contribution >= 0.6 is 0 Å². The molecule has 1 saturated heterocycles. The standard InChI is InChI=1S/C23H25NO6/c1-4-28-18-9-7-6-8-16(18)22(25)24-13-17(23(26)29-5-2)21-20(24)15-11-10-14(27-3)12-19(15)30-21/h6-12,17,20-21H,4-5,13H2,1-3H3/t17-,20+,21+/m1/s1. The average Bonchev–Trinajstić information content (AvgIpc) is 3.30. The molecule has 7 heteroatoms. The first-order chi connectivity index (χ1) is 14.6. The van der Waals surface area contributed by atoms with E-state index < -0.39 is 12.0 Å². The molecule has 0 aliphatic carbocycles. The Morgan fingerprint density at radius 3 is 2.67 bits per heavy atom. The highest BCUT2D eigenvalue weighted by atomic mass is 16.5. The Kier molecular flexibility index (Phi) is 5.53. The van der Waals surface area contributed by atoms with Gasteiger partial charge in [-0.2, -0.15) is 0 Å².